The summed E-state index contributed by atoms with van der Waals surface area (Å²) in [6.07, 6.45) is 2.19. The number of aromatic nitrogens is 2. The highest BCUT2D eigenvalue weighted by Gasteiger charge is 2.16. The van der Waals surface area contributed by atoms with Crippen molar-refractivity contribution in [2.45, 2.75) is 0 Å². The van der Waals surface area contributed by atoms with Crippen molar-refractivity contribution >= 4 is 32.7 Å². The second kappa shape index (κ2) is 5.86. The first kappa shape index (κ1) is 15.3. The minimum Gasteiger partial charge on any atom is -0.354 e. The van der Waals surface area contributed by atoms with Crippen molar-refractivity contribution in [3.8, 4) is 16.8 Å². The van der Waals surface area contributed by atoms with E-state index in [2.05, 4.69) is 113 Å². The summed E-state index contributed by atoms with van der Waals surface area (Å²) in [5.74, 6) is 0. The molecule has 2 nitrogen and oxygen atoms in total. The van der Waals surface area contributed by atoms with E-state index in [1.165, 1.54) is 49.5 Å². The molecule has 0 radical (unpaired) electrons. The maximum absolute atomic E-state index is 3.64. The fourth-order valence-electron chi connectivity index (χ4n) is 4.31. The summed E-state index contributed by atoms with van der Waals surface area (Å²) in [5.41, 5.74) is 7.26. The monoisotopic (exact) mass is 358 g/mol. The van der Waals surface area contributed by atoms with E-state index in [1.54, 1.807) is 0 Å². The van der Waals surface area contributed by atoms with Crippen LogP contribution >= 0.6 is 0 Å². The Balaban J connectivity index is 1.83. The van der Waals surface area contributed by atoms with E-state index in [1.807, 2.05) is 0 Å². The maximum atomic E-state index is 3.64. The van der Waals surface area contributed by atoms with Gasteiger partial charge in [0.05, 0.1) is 5.52 Å². The molecule has 0 aliphatic carbocycles. The topological polar surface area (TPSA) is 20.7 Å². The number of benzene rings is 4. The number of hydrogen-bond donors (Lipinski definition) is 1. The molecule has 4 aromatic carbocycles. The van der Waals surface area contributed by atoms with Gasteiger partial charge < -0.3 is 9.55 Å². The highest BCUT2D eigenvalue weighted by atomic mass is 15.0. The third-order valence-corrected chi connectivity index (χ3v) is 5.56. The molecular weight excluding hydrogens is 340 g/mol. The number of fused-ring (bicyclic) bond motifs is 5. The predicted octanol–water partition coefficient (Wildman–Crippen LogP) is 6.93. The van der Waals surface area contributed by atoms with Gasteiger partial charge in [0.25, 0.3) is 0 Å². The van der Waals surface area contributed by atoms with Crippen molar-refractivity contribution in [2.24, 2.45) is 0 Å². The van der Waals surface area contributed by atoms with Gasteiger partial charge in [-0.2, -0.15) is 0 Å². The van der Waals surface area contributed by atoms with Gasteiger partial charge in [0.2, 0.25) is 0 Å². The molecule has 2 heterocycles. The quantitative estimate of drug-likeness (QED) is 0.346. The Kier molecular flexibility index (Phi) is 3.20. The molecule has 6 aromatic rings. The molecule has 0 amide bonds. The highest BCUT2D eigenvalue weighted by molar-refractivity contribution is 6.22. The average Bonchev–Trinajstić information content (AvgIpc) is 3.35. The molecule has 132 valence electrons. The first-order valence-corrected chi connectivity index (χ1v) is 9.55. The predicted molar refractivity (Wildman–Crippen MR) is 118 cm³/mol. The zero-order valence-corrected chi connectivity index (χ0v) is 15.3. The van der Waals surface area contributed by atoms with E-state index >= 15 is 0 Å². The Hall–Kier alpha value is -3.78. The lowest BCUT2D eigenvalue weighted by Gasteiger charge is -2.10. The van der Waals surface area contributed by atoms with Crippen LogP contribution < -0.4 is 0 Å². The summed E-state index contributed by atoms with van der Waals surface area (Å²) in [4.78, 5) is 3.64. The van der Waals surface area contributed by atoms with E-state index in [9.17, 15) is 0 Å². The van der Waals surface area contributed by atoms with Crippen molar-refractivity contribution in [3.63, 3.8) is 0 Å². The number of rotatable bonds is 2. The van der Waals surface area contributed by atoms with Gasteiger partial charge >= 0.3 is 0 Å². The van der Waals surface area contributed by atoms with Crippen LogP contribution in [-0.4, -0.2) is 9.55 Å². The lowest BCUT2D eigenvalue weighted by molar-refractivity contribution is 1.13. The first-order valence-electron chi connectivity index (χ1n) is 9.55. The zero-order chi connectivity index (χ0) is 18.5. The number of H-pyrrole nitrogens is 1. The molecule has 0 atom stereocenters. The summed E-state index contributed by atoms with van der Waals surface area (Å²) in [6, 6.07) is 34.3. The summed E-state index contributed by atoms with van der Waals surface area (Å²) in [7, 11) is 0. The van der Waals surface area contributed by atoms with E-state index in [4.69, 9.17) is 0 Å². The lowest BCUT2D eigenvalue weighted by Crippen LogP contribution is -1.92. The van der Waals surface area contributed by atoms with Gasteiger partial charge in [-0.25, -0.2) is 0 Å². The average molecular weight is 358 g/mol. The molecule has 2 heteroatoms. The van der Waals surface area contributed by atoms with Gasteiger partial charge in [-0.15, -0.1) is 0 Å². The fourth-order valence-corrected chi connectivity index (χ4v) is 4.31. The van der Waals surface area contributed by atoms with Crippen molar-refractivity contribution in [3.05, 3.63) is 103 Å². The minimum absolute atomic E-state index is 1.17. The summed E-state index contributed by atoms with van der Waals surface area (Å²) in [6.45, 7) is 0. The SMILES string of the molecule is c1ccc(-c2cc3[nH]c4ccccc4c3c3c2ccn3-c2ccccc2)cc1. The van der Waals surface area contributed by atoms with Gasteiger partial charge in [-0.1, -0.05) is 66.7 Å². The van der Waals surface area contributed by atoms with Crippen LogP contribution in [0.2, 0.25) is 0 Å². The number of nitrogens with zero attached hydrogens (tertiary/aromatic N) is 1. The Morgan fingerprint density at radius 3 is 2.14 bits per heavy atom. The van der Waals surface area contributed by atoms with Gasteiger partial charge in [-0.05, 0) is 41.5 Å². The molecule has 0 unspecified atom stereocenters. The lowest BCUT2D eigenvalue weighted by atomic mass is 9.99. The Morgan fingerprint density at radius 2 is 1.32 bits per heavy atom. The molecule has 28 heavy (non-hydrogen) atoms. The van der Waals surface area contributed by atoms with E-state index in [-0.39, 0.29) is 0 Å². The normalized spacial score (nSPS) is 11.6. The summed E-state index contributed by atoms with van der Waals surface area (Å²) >= 11 is 0. The minimum atomic E-state index is 1.17. The van der Waals surface area contributed by atoms with Gasteiger partial charge in [0.1, 0.15) is 0 Å². The van der Waals surface area contributed by atoms with Gasteiger partial charge in [-0.3, -0.25) is 0 Å². The molecular formula is C26H18N2. The van der Waals surface area contributed by atoms with E-state index in [0.29, 0.717) is 0 Å². The molecule has 0 spiro atoms. The first-order chi connectivity index (χ1) is 13.9. The molecule has 0 aliphatic heterocycles. The zero-order valence-electron chi connectivity index (χ0n) is 15.3. The highest BCUT2D eigenvalue weighted by Crippen LogP contribution is 2.39. The number of para-hydroxylation sites is 2. The van der Waals surface area contributed by atoms with Crippen LogP contribution in [0.3, 0.4) is 0 Å². The standard InChI is InChI=1S/C26H18N2/c1-3-9-18(10-4-1)22-17-24-25(21-13-7-8-14-23(21)27-24)26-20(22)15-16-28(26)19-11-5-2-6-12-19/h1-17,27H. The van der Waals surface area contributed by atoms with Crippen molar-refractivity contribution in [1.82, 2.24) is 9.55 Å². The number of hydrogen-bond acceptors (Lipinski definition) is 0. The second-order valence-corrected chi connectivity index (χ2v) is 7.17. The molecule has 0 bridgehead atoms. The molecule has 2 aromatic heterocycles. The van der Waals surface area contributed by atoms with Crippen LogP contribution in [0.15, 0.2) is 103 Å². The van der Waals surface area contributed by atoms with E-state index < -0.39 is 0 Å². The van der Waals surface area contributed by atoms with Crippen molar-refractivity contribution < 1.29 is 0 Å². The Morgan fingerprint density at radius 1 is 0.607 bits per heavy atom. The molecule has 1 N–H and O–H groups in total. The van der Waals surface area contributed by atoms with Crippen LogP contribution in [-0.2, 0) is 0 Å². The fraction of sp³-hybridized carbons (Fsp3) is 0. The van der Waals surface area contributed by atoms with Gasteiger partial charge in [0.15, 0.2) is 0 Å². The largest absolute Gasteiger partial charge is 0.354 e. The third kappa shape index (κ3) is 2.15. The third-order valence-electron chi connectivity index (χ3n) is 5.56. The van der Waals surface area contributed by atoms with Crippen LogP contribution in [0, 0.1) is 0 Å². The molecule has 6 rings (SSSR count). The molecule has 0 saturated heterocycles. The van der Waals surface area contributed by atoms with Crippen molar-refractivity contribution in [1.29, 1.82) is 0 Å². The molecule has 0 saturated carbocycles. The van der Waals surface area contributed by atoms with Crippen LogP contribution in [0.25, 0.3) is 49.5 Å². The molecule has 0 fully saturated rings. The number of aromatic amines is 1. The summed E-state index contributed by atoms with van der Waals surface area (Å²) in [5, 5.41) is 3.81. The smallest absolute Gasteiger partial charge is 0.0634 e. The second-order valence-electron chi connectivity index (χ2n) is 7.17. The van der Waals surface area contributed by atoms with Crippen molar-refractivity contribution in [2.75, 3.05) is 0 Å². The molecule has 0 aliphatic rings. The van der Waals surface area contributed by atoms with Gasteiger partial charge in [0, 0.05) is 39.1 Å². The Bertz CT molecular complexity index is 1440. The maximum Gasteiger partial charge on any atom is 0.0634 e. The van der Waals surface area contributed by atoms with Crippen LogP contribution in [0.4, 0.5) is 0 Å². The Labute approximate surface area is 162 Å². The number of nitrogens with one attached hydrogen (secondary N) is 1. The van der Waals surface area contributed by atoms with Crippen LogP contribution in [0.1, 0.15) is 0 Å². The van der Waals surface area contributed by atoms with E-state index in [0.717, 1.165) is 0 Å². The van der Waals surface area contributed by atoms with Crippen LogP contribution in [0.5, 0.6) is 0 Å². The summed E-state index contributed by atoms with van der Waals surface area (Å²) < 4.78 is 2.31.